The molecule has 2 amide bonds. The Morgan fingerprint density at radius 3 is 2.58 bits per heavy atom. The van der Waals surface area contributed by atoms with E-state index in [4.69, 9.17) is 0 Å². The van der Waals surface area contributed by atoms with Gasteiger partial charge in [0.15, 0.2) is 0 Å². The van der Waals surface area contributed by atoms with Crippen LogP contribution in [0.5, 0.6) is 0 Å². The number of carbonyl (C=O) groups excluding carboxylic acids is 2. The fourth-order valence-corrected chi connectivity index (χ4v) is 1.87. The molecule has 19 heavy (non-hydrogen) atoms. The Labute approximate surface area is 119 Å². The van der Waals surface area contributed by atoms with Gasteiger partial charge >= 0.3 is 0 Å². The first kappa shape index (κ1) is 15.6. The summed E-state index contributed by atoms with van der Waals surface area (Å²) in [5.41, 5.74) is -0.0980. The average Bonchev–Trinajstić information content (AvgIpc) is 2.33. The molecule has 0 aliphatic carbocycles. The van der Waals surface area contributed by atoms with Gasteiger partial charge < -0.3 is 10.6 Å². The van der Waals surface area contributed by atoms with Gasteiger partial charge in [-0.1, -0.05) is 19.9 Å². The molecular weight excluding hydrogens is 315 g/mol. The normalized spacial score (nSPS) is 10.4. The summed E-state index contributed by atoms with van der Waals surface area (Å²) < 4.78 is 13.8. The first-order chi connectivity index (χ1) is 8.91. The number of halogens is 2. The predicted octanol–water partition coefficient (Wildman–Crippen LogP) is 2.09. The number of benzene rings is 1. The fraction of sp³-hybridized carbons (Fsp3) is 0.385. The molecule has 1 aromatic rings. The van der Waals surface area contributed by atoms with E-state index >= 15 is 0 Å². The summed E-state index contributed by atoms with van der Waals surface area (Å²) in [6.07, 6.45) is 0. The van der Waals surface area contributed by atoms with Crippen LogP contribution in [0.15, 0.2) is 22.7 Å². The zero-order valence-electron chi connectivity index (χ0n) is 10.8. The van der Waals surface area contributed by atoms with Gasteiger partial charge in [-0.15, -0.1) is 0 Å². The average molecular weight is 331 g/mol. The summed E-state index contributed by atoms with van der Waals surface area (Å²) in [6, 6.07) is 4.25. The van der Waals surface area contributed by atoms with Crippen molar-refractivity contribution in [2.24, 2.45) is 5.92 Å². The largest absolute Gasteiger partial charge is 0.354 e. The van der Waals surface area contributed by atoms with Gasteiger partial charge in [-0.2, -0.15) is 0 Å². The van der Waals surface area contributed by atoms with Gasteiger partial charge in [-0.3, -0.25) is 9.59 Å². The molecule has 0 spiro atoms. The molecule has 0 heterocycles. The molecule has 0 bridgehead atoms. The van der Waals surface area contributed by atoms with E-state index in [1.54, 1.807) is 6.07 Å². The standard InChI is InChI=1S/C13H16BrFN2O2/c1-8(2)6-16-11(18)7-17-13(19)12-9(14)4-3-5-10(12)15/h3-5,8H,6-7H2,1-2H3,(H,16,18)(H,17,19). The highest BCUT2D eigenvalue weighted by atomic mass is 79.9. The molecule has 6 heteroatoms. The SMILES string of the molecule is CC(C)CNC(=O)CNC(=O)c1c(F)cccc1Br. The lowest BCUT2D eigenvalue weighted by Gasteiger charge is -2.09. The minimum absolute atomic E-state index is 0.0980. The number of nitrogens with one attached hydrogen (secondary N) is 2. The van der Waals surface area contributed by atoms with Crippen LogP contribution in [-0.2, 0) is 4.79 Å². The zero-order valence-corrected chi connectivity index (χ0v) is 12.4. The van der Waals surface area contributed by atoms with E-state index in [1.165, 1.54) is 12.1 Å². The Hall–Kier alpha value is -1.43. The second-order valence-corrected chi connectivity index (χ2v) is 5.33. The molecule has 2 N–H and O–H groups in total. The maximum absolute atomic E-state index is 13.5. The van der Waals surface area contributed by atoms with E-state index in [0.29, 0.717) is 16.9 Å². The lowest BCUT2D eigenvalue weighted by molar-refractivity contribution is -0.120. The molecular formula is C13H16BrFN2O2. The van der Waals surface area contributed by atoms with Crippen LogP contribution in [0.2, 0.25) is 0 Å². The van der Waals surface area contributed by atoms with Gasteiger partial charge in [-0.25, -0.2) is 4.39 Å². The van der Waals surface area contributed by atoms with Crippen LogP contribution in [0.1, 0.15) is 24.2 Å². The fourth-order valence-electron chi connectivity index (χ4n) is 1.34. The molecule has 0 aromatic heterocycles. The van der Waals surface area contributed by atoms with Gasteiger partial charge in [-0.05, 0) is 34.0 Å². The molecule has 1 rings (SSSR count). The number of hydrogen-bond donors (Lipinski definition) is 2. The van der Waals surface area contributed by atoms with Gasteiger partial charge in [0.2, 0.25) is 5.91 Å². The van der Waals surface area contributed by atoms with E-state index < -0.39 is 11.7 Å². The molecule has 1 aromatic carbocycles. The Balaban J connectivity index is 2.54. The number of rotatable bonds is 5. The van der Waals surface area contributed by atoms with Crippen molar-refractivity contribution in [1.29, 1.82) is 0 Å². The molecule has 0 radical (unpaired) electrons. The molecule has 4 nitrogen and oxygen atoms in total. The van der Waals surface area contributed by atoms with Crippen LogP contribution in [0.25, 0.3) is 0 Å². The third-order valence-corrected chi connectivity index (χ3v) is 2.97. The molecule has 0 saturated carbocycles. The second kappa shape index (κ2) is 7.23. The maximum atomic E-state index is 13.5. The maximum Gasteiger partial charge on any atom is 0.255 e. The minimum Gasteiger partial charge on any atom is -0.354 e. The van der Waals surface area contributed by atoms with Crippen LogP contribution in [-0.4, -0.2) is 24.9 Å². The Bertz CT molecular complexity index is 457. The van der Waals surface area contributed by atoms with E-state index in [0.717, 1.165) is 0 Å². The van der Waals surface area contributed by atoms with Crippen molar-refractivity contribution >= 4 is 27.7 Å². The second-order valence-electron chi connectivity index (χ2n) is 4.48. The van der Waals surface area contributed by atoms with Crippen LogP contribution in [0.4, 0.5) is 4.39 Å². The van der Waals surface area contributed by atoms with Crippen LogP contribution < -0.4 is 10.6 Å². The lowest BCUT2D eigenvalue weighted by atomic mass is 10.2. The van der Waals surface area contributed by atoms with Crippen LogP contribution >= 0.6 is 15.9 Å². The quantitative estimate of drug-likeness (QED) is 0.868. The van der Waals surface area contributed by atoms with Crippen LogP contribution in [0, 0.1) is 11.7 Å². The lowest BCUT2D eigenvalue weighted by Crippen LogP contribution is -2.38. The Morgan fingerprint density at radius 1 is 1.32 bits per heavy atom. The molecule has 0 aliphatic heterocycles. The summed E-state index contributed by atoms with van der Waals surface area (Å²) in [6.45, 7) is 4.30. The zero-order chi connectivity index (χ0) is 14.4. The van der Waals surface area contributed by atoms with Crippen molar-refractivity contribution in [3.05, 3.63) is 34.1 Å². The number of carbonyl (C=O) groups is 2. The highest BCUT2D eigenvalue weighted by molar-refractivity contribution is 9.10. The van der Waals surface area contributed by atoms with Crippen molar-refractivity contribution in [2.45, 2.75) is 13.8 Å². The van der Waals surface area contributed by atoms with E-state index in [1.807, 2.05) is 13.8 Å². The highest BCUT2D eigenvalue weighted by Crippen LogP contribution is 2.19. The first-order valence-corrected chi connectivity index (χ1v) is 6.70. The number of hydrogen-bond acceptors (Lipinski definition) is 2. The van der Waals surface area contributed by atoms with Gasteiger partial charge in [0.25, 0.3) is 5.91 Å². The monoisotopic (exact) mass is 330 g/mol. The summed E-state index contributed by atoms with van der Waals surface area (Å²) in [5.74, 6) is -1.21. The number of amides is 2. The van der Waals surface area contributed by atoms with E-state index in [2.05, 4.69) is 26.6 Å². The minimum atomic E-state index is -0.630. The van der Waals surface area contributed by atoms with Gasteiger partial charge in [0.05, 0.1) is 12.1 Å². The third-order valence-electron chi connectivity index (χ3n) is 2.31. The van der Waals surface area contributed by atoms with Crippen LogP contribution in [0.3, 0.4) is 0 Å². The third kappa shape index (κ3) is 4.98. The molecule has 0 fully saturated rings. The molecule has 0 saturated heterocycles. The molecule has 0 aliphatic rings. The Kier molecular flexibility index (Phi) is 5.95. The summed E-state index contributed by atoms with van der Waals surface area (Å²) in [5, 5.41) is 5.04. The van der Waals surface area contributed by atoms with Gasteiger partial charge in [0.1, 0.15) is 5.82 Å². The highest BCUT2D eigenvalue weighted by Gasteiger charge is 2.15. The van der Waals surface area contributed by atoms with Crippen molar-refractivity contribution in [3.8, 4) is 0 Å². The summed E-state index contributed by atoms with van der Waals surface area (Å²) in [4.78, 5) is 23.2. The van der Waals surface area contributed by atoms with E-state index in [-0.39, 0.29) is 18.0 Å². The van der Waals surface area contributed by atoms with Crippen molar-refractivity contribution in [1.82, 2.24) is 10.6 Å². The predicted molar refractivity (Wildman–Crippen MR) is 74.3 cm³/mol. The summed E-state index contributed by atoms with van der Waals surface area (Å²) >= 11 is 3.10. The first-order valence-electron chi connectivity index (χ1n) is 5.90. The topological polar surface area (TPSA) is 58.2 Å². The van der Waals surface area contributed by atoms with Crippen molar-refractivity contribution < 1.29 is 14.0 Å². The smallest absolute Gasteiger partial charge is 0.255 e. The molecule has 0 atom stereocenters. The molecule has 104 valence electrons. The molecule has 0 unspecified atom stereocenters. The Morgan fingerprint density at radius 2 is 2.00 bits per heavy atom. The van der Waals surface area contributed by atoms with Crippen molar-refractivity contribution in [3.63, 3.8) is 0 Å². The van der Waals surface area contributed by atoms with E-state index in [9.17, 15) is 14.0 Å². The van der Waals surface area contributed by atoms with Gasteiger partial charge in [0, 0.05) is 11.0 Å². The van der Waals surface area contributed by atoms with Crippen molar-refractivity contribution in [2.75, 3.05) is 13.1 Å². The summed E-state index contributed by atoms with van der Waals surface area (Å²) in [7, 11) is 0.